The van der Waals surface area contributed by atoms with Crippen LogP contribution in [0.15, 0.2) is 10.9 Å². The van der Waals surface area contributed by atoms with Crippen molar-refractivity contribution in [3.05, 3.63) is 27.7 Å². The summed E-state index contributed by atoms with van der Waals surface area (Å²) in [7, 11) is 0. The molecule has 1 aromatic heterocycles. The number of fused-ring (bicyclic) bond motifs is 1. The molecule has 1 saturated carbocycles. The van der Waals surface area contributed by atoms with Crippen molar-refractivity contribution in [2.75, 3.05) is 13.1 Å². The van der Waals surface area contributed by atoms with Gasteiger partial charge in [-0.25, -0.2) is 0 Å². The third-order valence-corrected chi connectivity index (χ3v) is 6.14. The maximum Gasteiger partial charge on any atom is 0.274 e. The van der Waals surface area contributed by atoms with E-state index < -0.39 is 11.2 Å². The molecule has 0 unspecified atom stereocenters. The Labute approximate surface area is 172 Å². The molecule has 1 aliphatic heterocycles. The molecular weight excluding hydrogens is 370 g/mol. The highest BCUT2D eigenvalue weighted by atomic mass is 16.3. The van der Waals surface area contributed by atoms with Gasteiger partial charge < -0.3 is 19.5 Å². The average Bonchev–Trinajstić information content (AvgIpc) is 2.71. The zero-order valence-corrected chi connectivity index (χ0v) is 17.8. The molecule has 2 heterocycles. The number of rotatable bonds is 6. The Balaban J connectivity index is 1.93. The molecule has 0 saturated heterocycles. The zero-order valence-electron chi connectivity index (χ0n) is 17.8. The van der Waals surface area contributed by atoms with Crippen molar-refractivity contribution in [3.63, 3.8) is 0 Å². The standard InChI is InChI=1S/C22H33N3O4/c1-4-10-23(21(28)16-8-6-5-7-9-16)14-17-13-18(26)20(27)19-22(29)24(15(2)3)11-12-25(17)19/h13,15-16,27H,4-12,14H2,1-3H3. The number of hydrogen-bond donors (Lipinski definition) is 1. The van der Waals surface area contributed by atoms with E-state index in [1.807, 2.05) is 25.7 Å². The Morgan fingerprint density at radius 3 is 2.52 bits per heavy atom. The van der Waals surface area contributed by atoms with Crippen molar-refractivity contribution < 1.29 is 14.7 Å². The maximum absolute atomic E-state index is 13.1. The van der Waals surface area contributed by atoms with Crippen molar-refractivity contribution in [1.29, 1.82) is 0 Å². The molecule has 1 aromatic rings. The van der Waals surface area contributed by atoms with Crippen molar-refractivity contribution in [2.45, 2.75) is 78.4 Å². The molecule has 0 aromatic carbocycles. The van der Waals surface area contributed by atoms with E-state index in [0.29, 0.717) is 31.9 Å². The summed E-state index contributed by atoms with van der Waals surface area (Å²) in [6.45, 7) is 7.79. The van der Waals surface area contributed by atoms with Crippen LogP contribution in [-0.2, 0) is 17.9 Å². The number of carbonyl (C=O) groups excluding carboxylic acids is 2. The Kier molecular flexibility index (Phi) is 6.65. The lowest BCUT2D eigenvalue weighted by molar-refractivity contribution is -0.137. The second-order valence-electron chi connectivity index (χ2n) is 8.54. The summed E-state index contributed by atoms with van der Waals surface area (Å²) < 4.78 is 1.73. The fraction of sp³-hybridized carbons (Fsp3) is 0.682. The van der Waals surface area contributed by atoms with E-state index in [-0.39, 0.29) is 29.5 Å². The molecule has 0 bridgehead atoms. The van der Waals surface area contributed by atoms with E-state index in [0.717, 1.165) is 32.1 Å². The van der Waals surface area contributed by atoms with Crippen molar-refractivity contribution in [1.82, 2.24) is 14.4 Å². The number of amides is 2. The predicted molar refractivity (Wildman–Crippen MR) is 111 cm³/mol. The van der Waals surface area contributed by atoms with Gasteiger partial charge in [0.25, 0.3) is 5.91 Å². The first kappa shape index (κ1) is 21.4. The first-order valence-electron chi connectivity index (χ1n) is 10.9. The molecule has 7 nitrogen and oxygen atoms in total. The van der Waals surface area contributed by atoms with Crippen LogP contribution in [0.1, 0.15) is 75.5 Å². The van der Waals surface area contributed by atoms with E-state index in [2.05, 4.69) is 0 Å². The summed E-state index contributed by atoms with van der Waals surface area (Å²) in [4.78, 5) is 41.9. The fourth-order valence-electron chi connectivity index (χ4n) is 4.57. The zero-order chi connectivity index (χ0) is 21.1. The Bertz CT molecular complexity index is 824. The van der Waals surface area contributed by atoms with Crippen LogP contribution in [0, 0.1) is 5.92 Å². The second-order valence-corrected chi connectivity index (χ2v) is 8.54. The van der Waals surface area contributed by atoms with Crippen LogP contribution < -0.4 is 5.43 Å². The Morgan fingerprint density at radius 2 is 1.90 bits per heavy atom. The smallest absolute Gasteiger partial charge is 0.274 e. The molecular formula is C22H33N3O4. The lowest BCUT2D eigenvalue weighted by Crippen LogP contribution is -2.46. The van der Waals surface area contributed by atoms with E-state index in [4.69, 9.17) is 0 Å². The summed E-state index contributed by atoms with van der Waals surface area (Å²) in [5.74, 6) is -0.626. The van der Waals surface area contributed by atoms with Crippen LogP contribution in [0.4, 0.5) is 0 Å². The van der Waals surface area contributed by atoms with Crippen molar-refractivity contribution >= 4 is 11.8 Å². The lowest BCUT2D eigenvalue weighted by atomic mass is 9.88. The van der Waals surface area contributed by atoms with Crippen molar-refractivity contribution in [2.24, 2.45) is 5.92 Å². The van der Waals surface area contributed by atoms with Gasteiger partial charge in [-0.1, -0.05) is 26.2 Å². The van der Waals surface area contributed by atoms with Crippen LogP contribution in [0.2, 0.25) is 0 Å². The topological polar surface area (TPSA) is 82.8 Å². The van der Waals surface area contributed by atoms with Gasteiger partial charge in [0.15, 0.2) is 11.4 Å². The predicted octanol–water partition coefficient (Wildman–Crippen LogP) is 2.74. The third kappa shape index (κ3) is 4.33. The SMILES string of the molecule is CCCN(Cc1cc(=O)c(O)c2n1CCN(C(C)C)C2=O)C(=O)C1CCCCC1. The molecule has 0 spiro atoms. The Morgan fingerprint density at radius 1 is 1.21 bits per heavy atom. The maximum atomic E-state index is 13.1. The number of pyridine rings is 1. The average molecular weight is 404 g/mol. The fourth-order valence-corrected chi connectivity index (χ4v) is 4.57. The van der Waals surface area contributed by atoms with Crippen LogP contribution in [0.5, 0.6) is 5.75 Å². The van der Waals surface area contributed by atoms with Gasteiger partial charge in [0.05, 0.1) is 6.54 Å². The van der Waals surface area contributed by atoms with E-state index >= 15 is 0 Å². The van der Waals surface area contributed by atoms with Gasteiger partial charge in [0.2, 0.25) is 11.3 Å². The molecule has 1 N–H and O–H groups in total. The van der Waals surface area contributed by atoms with Gasteiger partial charge in [-0.15, -0.1) is 0 Å². The number of aromatic nitrogens is 1. The minimum Gasteiger partial charge on any atom is -0.503 e. The second kappa shape index (κ2) is 9.01. The van der Waals surface area contributed by atoms with E-state index in [1.54, 1.807) is 9.47 Å². The lowest BCUT2D eigenvalue weighted by Gasteiger charge is -2.35. The number of carbonyl (C=O) groups is 2. The molecule has 2 aliphatic rings. The summed E-state index contributed by atoms with van der Waals surface area (Å²) in [5, 5.41) is 10.3. The minimum atomic E-state index is -0.563. The summed E-state index contributed by atoms with van der Waals surface area (Å²) in [6.07, 6.45) is 6.04. The molecule has 1 fully saturated rings. The van der Waals surface area contributed by atoms with E-state index in [9.17, 15) is 19.5 Å². The normalized spacial score (nSPS) is 17.5. The number of aromatic hydroxyl groups is 1. The molecule has 0 atom stereocenters. The monoisotopic (exact) mass is 403 g/mol. The summed E-state index contributed by atoms with van der Waals surface area (Å²) in [5.41, 5.74) is 0.109. The molecule has 29 heavy (non-hydrogen) atoms. The molecule has 0 radical (unpaired) electrons. The van der Waals surface area contributed by atoms with E-state index in [1.165, 1.54) is 12.5 Å². The van der Waals surface area contributed by atoms with Gasteiger partial charge in [-0.05, 0) is 33.1 Å². The highest BCUT2D eigenvalue weighted by Crippen LogP contribution is 2.27. The first-order valence-corrected chi connectivity index (χ1v) is 10.9. The van der Waals surface area contributed by atoms with Gasteiger partial charge in [0, 0.05) is 43.4 Å². The molecule has 3 rings (SSSR count). The Hall–Kier alpha value is -2.31. The third-order valence-electron chi connectivity index (χ3n) is 6.14. The molecule has 160 valence electrons. The van der Waals surface area contributed by atoms with Gasteiger partial charge in [-0.2, -0.15) is 0 Å². The molecule has 7 heteroatoms. The summed E-state index contributed by atoms with van der Waals surface area (Å²) >= 11 is 0. The van der Waals surface area contributed by atoms with Crippen LogP contribution >= 0.6 is 0 Å². The summed E-state index contributed by atoms with van der Waals surface area (Å²) in [6, 6.07) is 1.37. The highest BCUT2D eigenvalue weighted by Gasteiger charge is 2.32. The molecule has 1 aliphatic carbocycles. The van der Waals surface area contributed by atoms with Crippen molar-refractivity contribution in [3.8, 4) is 5.75 Å². The largest absolute Gasteiger partial charge is 0.503 e. The van der Waals surface area contributed by atoms with Gasteiger partial charge in [0.1, 0.15) is 0 Å². The van der Waals surface area contributed by atoms with Crippen LogP contribution in [-0.4, -0.2) is 50.4 Å². The van der Waals surface area contributed by atoms with Gasteiger partial charge in [-0.3, -0.25) is 14.4 Å². The minimum absolute atomic E-state index is 0.0149. The number of nitrogens with zero attached hydrogens (tertiary/aromatic N) is 3. The first-order chi connectivity index (χ1) is 13.8. The van der Waals surface area contributed by atoms with Crippen LogP contribution in [0.3, 0.4) is 0 Å². The van der Waals surface area contributed by atoms with Gasteiger partial charge >= 0.3 is 0 Å². The quantitative estimate of drug-likeness (QED) is 0.792. The molecule has 2 amide bonds. The van der Waals surface area contributed by atoms with Crippen LogP contribution in [0.25, 0.3) is 0 Å². The highest BCUT2D eigenvalue weighted by molar-refractivity contribution is 5.96. The number of hydrogen-bond acceptors (Lipinski definition) is 4.